The molecule has 0 saturated carbocycles. The van der Waals surface area contributed by atoms with Crippen LogP contribution in [0.25, 0.3) is 0 Å². The maximum Gasteiger partial charge on any atom is 0.228 e. The lowest BCUT2D eigenvalue weighted by Crippen LogP contribution is -2.57. The number of hydrogen-bond acceptors (Lipinski definition) is 5. The molecule has 1 spiro atoms. The van der Waals surface area contributed by atoms with E-state index in [9.17, 15) is 14.7 Å². The SMILES string of the molecule is CN1CC(O)CC2(CCN(C(=O)Cc3cc4c(cc3Cl)OCCO4)CC2)C1=O. The number of fused-ring (bicyclic) bond motifs is 1. The summed E-state index contributed by atoms with van der Waals surface area (Å²) in [4.78, 5) is 28.9. The van der Waals surface area contributed by atoms with E-state index in [1.54, 1.807) is 29.0 Å². The summed E-state index contributed by atoms with van der Waals surface area (Å²) in [6.07, 6.45) is 1.31. The van der Waals surface area contributed by atoms with Gasteiger partial charge < -0.3 is 24.4 Å². The lowest BCUT2D eigenvalue weighted by atomic mass is 9.71. The van der Waals surface area contributed by atoms with Gasteiger partial charge in [0.15, 0.2) is 11.5 Å². The molecule has 1 unspecified atom stereocenters. The second-order valence-corrected chi connectivity index (χ2v) is 8.38. The van der Waals surface area contributed by atoms with Crippen LogP contribution >= 0.6 is 11.6 Å². The second-order valence-electron chi connectivity index (χ2n) is 7.97. The number of piperidine rings is 2. The fourth-order valence-electron chi connectivity index (χ4n) is 4.53. The van der Waals surface area contributed by atoms with Crippen molar-refractivity contribution in [2.24, 2.45) is 5.41 Å². The van der Waals surface area contributed by atoms with Crippen LogP contribution in [0.2, 0.25) is 5.02 Å². The molecule has 2 fully saturated rings. The predicted molar refractivity (Wildman–Crippen MR) is 103 cm³/mol. The summed E-state index contributed by atoms with van der Waals surface area (Å²) in [5.41, 5.74) is 0.165. The Balaban J connectivity index is 1.41. The van der Waals surface area contributed by atoms with Crippen molar-refractivity contribution >= 4 is 23.4 Å². The van der Waals surface area contributed by atoms with Crippen molar-refractivity contribution in [3.63, 3.8) is 0 Å². The number of halogens is 1. The highest BCUT2D eigenvalue weighted by molar-refractivity contribution is 6.31. The number of amides is 2. The van der Waals surface area contributed by atoms with E-state index in [-0.39, 0.29) is 18.2 Å². The maximum absolute atomic E-state index is 12.8. The third-order valence-electron chi connectivity index (χ3n) is 6.04. The van der Waals surface area contributed by atoms with Crippen LogP contribution in [0.4, 0.5) is 0 Å². The summed E-state index contributed by atoms with van der Waals surface area (Å²) >= 11 is 6.33. The first-order valence-electron chi connectivity index (χ1n) is 9.67. The summed E-state index contributed by atoms with van der Waals surface area (Å²) in [7, 11) is 1.73. The third kappa shape index (κ3) is 3.53. The number of aliphatic hydroxyl groups excluding tert-OH is 1. The molecule has 3 aliphatic heterocycles. The van der Waals surface area contributed by atoms with Gasteiger partial charge in [-0.25, -0.2) is 0 Å². The van der Waals surface area contributed by atoms with Gasteiger partial charge in [0.2, 0.25) is 11.8 Å². The third-order valence-corrected chi connectivity index (χ3v) is 6.39. The largest absolute Gasteiger partial charge is 0.486 e. The molecular weight excluding hydrogens is 384 g/mol. The average Bonchev–Trinajstić information content (AvgIpc) is 2.67. The van der Waals surface area contributed by atoms with Crippen molar-refractivity contribution in [3.8, 4) is 11.5 Å². The molecule has 0 aliphatic carbocycles. The minimum Gasteiger partial charge on any atom is -0.486 e. The van der Waals surface area contributed by atoms with E-state index < -0.39 is 11.5 Å². The Hall–Kier alpha value is -1.99. The number of likely N-dealkylation sites (tertiary alicyclic amines) is 2. The molecule has 1 N–H and O–H groups in total. The number of β-amino-alcohol motifs (C(OH)–C–C–N with tert-alkyl or cyclic N) is 1. The van der Waals surface area contributed by atoms with E-state index in [2.05, 4.69) is 0 Å². The standard InChI is InChI=1S/C20H25ClN2O5/c1-22-12-14(24)11-20(19(22)26)2-4-23(5-3-20)18(25)9-13-8-16-17(10-15(13)21)28-7-6-27-16/h8,10,14,24H,2-7,9,11-12H2,1H3. The van der Waals surface area contributed by atoms with Crippen LogP contribution < -0.4 is 9.47 Å². The highest BCUT2D eigenvalue weighted by atomic mass is 35.5. The van der Waals surface area contributed by atoms with Crippen molar-refractivity contribution in [2.75, 3.05) is 39.9 Å². The normalized spacial score (nSPS) is 23.8. The van der Waals surface area contributed by atoms with Crippen molar-refractivity contribution in [1.82, 2.24) is 9.80 Å². The molecule has 2 amide bonds. The fraction of sp³-hybridized carbons (Fsp3) is 0.600. The second kappa shape index (κ2) is 7.44. The van der Waals surface area contributed by atoms with Gasteiger partial charge in [0.05, 0.1) is 17.9 Å². The number of carbonyl (C=O) groups excluding carboxylic acids is 2. The van der Waals surface area contributed by atoms with E-state index in [0.29, 0.717) is 74.2 Å². The van der Waals surface area contributed by atoms with Crippen LogP contribution in [0.3, 0.4) is 0 Å². The zero-order valence-corrected chi connectivity index (χ0v) is 16.7. The molecule has 1 atom stereocenters. The Morgan fingerprint density at radius 2 is 1.89 bits per heavy atom. The number of benzene rings is 1. The zero-order chi connectivity index (χ0) is 19.9. The van der Waals surface area contributed by atoms with E-state index in [0.717, 1.165) is 0 Å². The lowest BCUT2D eigenvalue weighted by molar-refractivity contribution is -0.156. The molecule has 0 bridgehead atoms. The van der Waals surface area contributed by atoms with Crippen molar-refractivity contribution < 1.29 is 24.2 Å². The molecular formula is C20H25ClN2O5. The van der Waals surface area contributed by atoms with Crippen LogP contribution in [-0.2, 0) is 16.0 Å². The number of aliphatic hydroxyl groups is 1. The lowest BCUT2D eigenvalue weighted by Gasteiger charge is -2.47. The van der Waals surface area contributed by atoms with Gasteiger partial charge in [-0.1, -0.05) is 11.6 Å². The Labute approximate surface area is 169 Å². The summed E-state index contributed by atoms with van der Waals surface area (Å²) < 4.78 is 11.1. The number of rotatable bonds is 2. The number of likely N-dealkylation sites (N-methyl/N-ethyl adjacent to an activating group) is 1. The van der Waals surface area contributed by atoms with Crippen molar-refractivity contribution in [1.29, 1.82) is 0 Å². The van der Waals surface area contributed by atoms with Crippen LogP contribution in [-0.4, -0.2) is 72.7 Å². The first-order chi connectivity index (χ1) is 13.4. The van der Waals surface area contributed by atoms with Gasteiger partial charge in [0.1, 0.15) is 13.2 Å². The summed E-state index contributed by atoms with van der Waals surface area (Å²) in [6.45, 7) is 2.36. The molecule has 28 heavy (non-hydrogen) atoms. The van der Waals surface area contributed by atoms with Crippen LogP contribution in [0, 0.1) is 5.41 Å². The van der Waals surface area contributed by atoms with Crippen LogP contribution in [0.5, 0.6) is 11.5 Å². The zero-order valence-electron chi connectivity index (χ0n) is 15.9. The molecule has 2 saturated heterocycles. The predicted octanol–water partition coefficient (Wildman–Crippen LogP) is 1.49. The average molecular weight is 409 g/mol. The topological polar surface area (TPSA) is 79.3 Å². The van der Waals surface area contributed by atoms with Gasteiger partial charge in [0, 0.05) is 37.8 Å². The van der Waals surface area contributed by atoms with Gasteiger partial charge >= 0.3 is 0 Å². The Kier molecular flexibility index (Phi) is 5.14. The molecule has 8 heteroatoms. The number of carbonyl (C=O) groups is 2. The van der Waals surface area contributed by atoms with E-state index in [4.69, 9.17) is 21.1 Å². The minimum atomic E-state index is -0.544. The molecule has 1 aromatic rings. The first kappa shape index (κ1) is 19.3. The molecule has 3 heterocycles. The fourth-order valence-corrected chi connectivity index (χ4v) is 4.75. The summed E-state index contributed by atoms with van der Waals surface area (Å²) in [6, 6.07) is 3.47. The molecule has 0 aromatic heterocycles. The maximum atomic E-state index is 12.8. The van der Waals surface area contributed by atoms with Gasteiger partial charge in [-0.05, 0) is 30.9 Å². The highest BCUT2D eigenvalue weighted by Gasteiger charge is 2.47. The van der Waals surface area contributed by atoms with E-state index in [1.165, 1.54) is 0 Å². The molecule has 0 radical (unpaired) electrons. The van der Waals surface area contributed by atoms with Crippen LogP contribution in [0.1, 0.15) is 24.8 Å². The molecule has 1 aromatic carbocycles. The molecule has 152 valence electrons. The Morgan fingerprint density at radius 3 is 2.57 bits per heavy atom. The Bertz CT molecular complexity index is 791. The monoisotopic (exact) mass is 408 g/mol. The number of ether oxygens (including phenoxy) is 2. The van der Waals surface area contributed by atoms with E-state index in [1.807, 2.05) is 0 Å². The van der Waals surface area contributed by atoms with Gasteiger partial charge in [-0.3, -0.25) is 9.59 Å². The van der Waals surface area contributed by atoms with Crippen molar-refractivity contribution in [3.05, 3.63) is 22.7 Å². The molecule has 3 aliphatic rings. The van der Waals surface area contributed by atoms with Crippen molar-refractivity contribution in [2.45, 2.75) is 31.8 Å². The number of nitrogens with zero attached hydrogens (tertiary/aromatic N) is 2. The summed E-state index contributed by atoms with van der Waals surface area (Å²) in [5, 5.41) is 10.6. The smallest absolute Gasteiger partial charge is 0.228 e. The highest BCUT2D eigenvalue weighted by Crippen LogP contribution is 2.41. The quantitative estimate of drug-likeness (QED) is 0.802. The van der Waals surface area contributed by atoms with E-state index >= 15 is 0 Å². The van der Waals surface area contributed by atoms with Gasteiger partial charge in [-0.15, -0.1) is 0 Å². The Morgan fingerprint density at radius 1 is 1.25 bits per heavy atom. The van der Waals surface area contributed by atoms with Gasteiger partial charge in [0.25, 0.3) is 0 Å². The minimum absolute atomic E-state index is 0.0226. The molecule has 4 rings (SSSR count). The van der Waals surface area contributed by atoms with Gasteiger partial charge in [-0.2, -0.15) is 0 Å². The summed E-state index contributed by atoms with van der Waals surface area (Å²) in [5.74, 6) is 1.28. The van der Waals surface area contributed by atoms with Crippen LogP contribution in [0.15, 0.2) is 12.1 Å². The number of hydrogen-bond donors (Lipinski definition) is 1. The molecule has 7 nitrogen and oxygen atoms in total. The first-order valence-corrected chi connectivity index (χ1v) is 10.1.